The van der Waals surface area contributed by atoms with Crippen molar-refractivity contribution in [3.8, 4) is 28.4 Å². The van der Waals surface area contributed by atoms with Gasteiger partial charge in [-0.2, -0.15) is 0 Å². The van der Waals surface area contributed by atoms with Crippen LogP contribution in [0.15, 0.2) is 79.0 Å². The molecule has 2 aliphatic rings. The Balaban J connectivity index is 1.25. The number of ether oxygens (including phenoxy) is 2. The van der Waals surface area contributed by atoms with E-state index in [1.165, 1.54) is 0 Å². The molecule has 2 heterocycles. The Kier molecular flexibility index (Phi) is 5.84. The van der Waals surface area contributed by atoms with Crippen LogP contribution in [0.2, 0.25) is 0 Å². The Bertz CT molecular complexity index is 1460. The average molecular weight is 495 g/mol. The van der Waals surface area contributed by atoms with Crippen LogP contribution >= 0.6 is 0 Å². The highest BCUT2D eigenvalue weighted by Crippen LogP contribution is 2.34. The largest absolute Gasteiger partial charge is 0.454 e. The SMILES string of the molecule is Cc1ccc(-n2cc(-c3ccccc3)nc2NC(=O)CN(C(=O)c2ccc3c(c2)OCO3)C2CC2)cc1. The molecule has 1 fully saturated rings. The van der Waals surface area contributed by atoms with E-state index >= 15 is 0 Å². The van der Waals surface area contributed by atoms with Crippen LogP contribution in [0.1, 0.15) is 28.8 Å². The van der Waals surface area contributed by atoms with E-state index in [2.05, 4.69) is 5.32 Å². The molecule has 8 heteroatoms. The summed E-state index contributed by atoms with van der Waals surface area (Å²) in [6.07, 6.45) is 3.66. The van der Waals surface area contributed by atoms with Crippen LogP contribution in [-0.2, 0) is 4.79 Å². The van der Waals surface area contributed by atoms with E-state index in [0.29, 0.717) is 23.0 Å². The fraction of sp³-hybridized carbons (Fsp3) is 0.207. The quantitative estimate of drug-likeness (QED) is 0.398. The molecule has 6 rings (SSSR count). The number of aryl methyl sites for hydroxylation is 1. The van der Waals surface area contributed by atoms with E-state index in [1.54, 1.807) is 23.1 Å². The van der Waals surface area contributed by atoms with Gasteiger partial charge in [0.05, 0.1) is 5.69 Å². The second-order valence-electron chi connectivity index (χ2n) is 9.30. The van der Waals surface area contributed by atoms with Gasteiger partial charge in [0.2, 0.25) is 18.6 Å². The topological polar surface area (TPSA) is 85.7 Å². The molecule has 186 valence electrons. The summed E-state index contributed by atoms with van der Waals surface area (Å²) in [5.41, 5.74) is 4.18. The predicted octanol–water partition coefficient (Wildman–Crippen LogP) is 4.82. The van der Waals surface area contributed by atoms with Crippen LogP contribution < -0.4 is 14.8 Å². The van der Waals surface area contributed by atoms with Gasteiger partial charge in [-0.05, 0) is 50.1 Å². The Morgan fingerprint density at radius 2 is 1.76 bits per heavy atom. The third kappa shape index (κ3) is 4.78. The number of nitrogens with zero attached hydrogens (tertiary/aromatic N) is 3. The van der Waals surface area contributed by atoms with E-state index in [9.17, 15) is 9.59 Å². The summed E-state index contributed by atoms with van der Waals surface area (Å²) in [6.45, 7) is 2.10. The molecule has 37 heavy (non-hydrogen) atoms. The zero-order chi connectivity index (χ0) is 25.4. The summed E-state index contributed by atoms with van der Waals surface area (Å²) in [7, 11) is 0. The summed E-state index contributed by atoms with van der Waals surface area (Å²) in [5.74, 6) is 1.05. The number of amides is 2. The molecule has 1 N–H and O–H groups in total. The van der Waals surface area contributed by atoms with Crippen LogP contribution in [0.5, 0.6) is 11.5 Å². The van der Waals surface area contributed by atoms with Crippen LogP contribution in [0.3, 0.4) is 0 Å². The molecule has 0 spiro atoms. The van der Waals surface area contributed by atoms with Crippen molar-refractivity contribution in [1.29, 1.82) is 0 Å². The lowest BCUT2D eigenvalue weighted by atomic mass is 10.1. The first-order valence-corrected chi connectivity index (χ1v) is 12.3. The fourth-order valence-corrected chi connectivity index (χ4v) is 4.39. The molecule has 1 saturated carbocycles. The van der Waals surface area contributed by atoms with Crippen LogP contribution in [-0.4, -0.2) is 45.6 Å². The summed E-state index contributed by atoms with van der Waals surface area (Å²) in [6, 6.07) is 23.0. The van der Waals surface area contributed by atoms with Crippen LogP contribution in [0.4, 0.5) is 5.95 Å². The minimum atomic E-state index is -0.306. The first kappa shape index (κ1) is 22.8. The van der Waals surface area contributed by atoms with Gasteiger partial charge in [-0.15, -0.1) is 0 Å². The van der Waals surface area contributed by atoms with E-state index in [-0.39, 0.29) is 31.2 Å². The molecule has 0 unspecified atom stereocenters. The van der Waals surface area contributed by atoms with Gasteiger partial charge in [0, 0.05) is 29.1 Å². The van der Waals surface area contributed by atoms with Crippen molar-refractivity contribution in [2.75, 3.05) is 18.7 Å². The monoisotopic (exact) mass is 494 g/mol. The molecule has 0 bridgehead atoms. The molecule has 0 radical (unpaired) electrons. The van der Waals surface area contributed by atoms with Crippen molar-refractivity contribution in [1.82, 2.24) is 14.5 Å². The van der Waals surface area contributed by atoms with Crippen molar-refractivity contribution in [2.24, 2.45) is 0 Å². The smallest absolute Gasteiger partial charge is 0.254 e. The van der Waals surface area contributed by atoms with Crippen molar-refractivity contribution < 1.29 is 19.1 Å². The Morgan fingerprint density at radius 3 is 2.51 bits per heavy atom. The van der Waals surface area contributed by atoms with Crippen LogP contribution in [0.25, 0.3) is 16.9 Å². The number of carbonyl (C=O) groups excluding carboxylic acids is 2. The number of rotatable bonds is 7. The maximum atomic E-state index is 13.4. The number of hydrogen-bond acceptors (Lipinski definition) is 5. The van der Waals surface area contributed by atoms with Crippen molar-refractivity contribution in [3.05, 3.63) is 90.1 Å². The fourth-order valence-electron chi connectivity index (χ4n) is 4.39. The minimum absolute atomic E-state index is 0.0420. The number of benzene rings is 3. The lowest BCUT2D eigenvalue weighted by Crippen LogP contribution is -2.39. The molecule has 0 atom stereocenters. The lowest BCUT2D eigenvalue weighted by molar-refractivity contribution is -0.117. The van der Waals surface area contributed by atoms with E-state index in [1.807, 2.05) is 72.3 Å². The molecule has 3 aromatic carbocycles. The number of fused-ring (bicyclic) bond motifs is 1. The number of imidazole rings is 1. The lowest BCUT2D eigenvalue weighted by Gasteiger charge is -2.22. The predicted molar refractivity (Wildman–Crippen MR) is 139 cm³/mol. The normalized spacial score (nSPS) is 13.9. The van der Waals surface area contributed by atoms with Crippen molar-refractivity contribution in [3.63, 3.8) is 0 Å². The number of carbonyl (C=O) groups is 2. The standard InChI is InChI=1S/C29H26N4O4/c1-19-7-10-23(11-8-19)33-16-24(20-5-3-2-4-6-20)30-29(33)31-27(34)17-32(22-12-13-22)28(35)21-9-14-25-26(15-21)37-18-36-25/h2-11,14-16,22H,12-13,17-18H2,1H3,(H,30,31,34). The molecule has 2 amide bonds. The van der Waals surface area contributed by atoms with Crippen LogP contribution in [0, 0.1) is 6.92 Å². The van der Waals surface area contributed by atoms with Gasteiger partial charge in [0.1, 0.15) is 6.54 Å². The molecular formula is C29H26N4O4. The van der Waals surface area contributed by atoms with E-state index < -0.39 is 0 Å². The third-order valence-corrected chi connectivity index (χ3v) is 6.52. The first-order valence-electron chi connectivity index (χ1n) is 12.3. The van der Waals surface area contributed by atoms with Gasteiger partial charge in [0.15, 0.2) is 11.5 Å². The molecule has 8 nitrogen and oxygen atoms in total. The number of hydrogen-bond donors (Lipinski definition) is 1. The highest BCUT2D eigenvalue weighted by atomic mass is 16.7. The van der Waals surface area contributed by atoms with Gasteiger partial charge < -0.3 is 14.4 Å². The zero-order valence-corrected chi connectivity index (χ0v) is 20.4. The highest BCUT2D eigenvalue weighted by Gasteiger charge is 2.35. The molecule has 4 aromatic rings. The number of anilines is 1. The molecule has 1 aliphatic carbocycles. The van der Waals surface area contributed by atoms with Gasteiger partial charge in [-0.3, -0.25) is 19.5 Å². The van der Waals surface area contributed by atoms with Gasteiger partial charge in [0.25, 0.3) is 5.91 Å². The maximum absolute atomic E-state index is 13.4. The Labute approximate surface area is 214 Å². The van der Waals surface area contributed by atoms with E-state index in [4.69, 9.17) is 14.5 Å². The highest BCUT2D eigenvalue weighted by molar-refractivity contribution is 6.00. The number of nitrogens with one attached hydrogen (secondary N) is 1. The maximum Gasteiger partial charge on any atom is 0.254 e. The van der Waals surface area contributed by atoms with E-state index in [0.717, 1.165) is 35.3 Å². The number of aromatic nitrogens is 2. The zero-order valence-electron chi connectivity index (χ0n) is 20.4. The average Bonchev–Trinajstić information content (AvgIpc) is 3.50. The summed E-state index contributed by atoms with van der Waals surface area (Å²) < 4.78 is 12.6. The van der Waals surface area contributed by atoms with Gasteiger partial charge in [-0.25, -0.2) is 4.98 Å². The molecule has 1 aliphatic heterocycles. The second kappa shape index (κ2) is 9.46. The van der Waals surface area contributed by atoms with Crippen molar-refractivity contribution >= 4 is 17.8 Å². The summed E-state index contributed by atoms with van der Waals surface area (Å²) in [5, 5.41) is 2.95. The molecular weight excluding hydrogens is 468 g/mol. The summed E-state index contributed by atoms with van der Waals surface area (Å²) >= 11 is 0. The van der Waals surface area contributed by atoms with Crippen molar-refractivity contribution in [2.45, 2.75) is 25.8 Å². The van der Waals surface area contributed by atoms with Gasteiger partial charge >= 0.3 is 0 Å². The van der Waals surface area contributed by atoms with Gasteiger partial charge in [-0.1, -0.05) is 48.0 Å². The summed E-state index contributed by atoms with van der Waals surface area (Å²) in [4.78, 5) is 33.0. The minimum Gasteiger partial charge on any atom is -0.454 e. The Morgan fingerprint density at radius 1 is 1.00 bits per heavy atom. The first-order chi connectivity index (χ1) is 18.0. The third-order valence-electron chi connectivity index (χ3n) is 6.52. The molecule has 1 aromatic heterocycles. The Hall–Kier alpha value is -4.59. The molecule has 0 saturated heterocycles. The second-order valence-corrected chi connectivity index (χ2v) is 9.30.